The molecule has 31 heavy (non-hydrogen) atoms. The van der Waals surface area contributed by atoms with Crippen LogP contribution in [0.5, 0.6) is 0 Å². The van der Waals surface area contributed by atoms with E-state index >= 15 is 0 Å². The largest absolute Gasteiger partial charge is 0.396 e. The molecule has 7 nitrogen and oxygen atoms in total. The topological polar surface area (TPSA) is 92.1 Å². The Morgan fingerprint density at radius 1 is 1.23 bits per heavy atom. The van der Waals surface area contributed by atoms with Crippen LogP contribution >= 0.6 is 0 Å². The normalized spacial score (nSPS) is 15.4. The summed E-state index contributed by atoms with van der Waals surface area (Å²) < 4.78 is 15.7. The van der Waals surface area contributed by atoms with Crippen LogP contribution in [-0.2, 0) is 11.2 Å². The van der Waals surface area contributed by atoms with Gasteiger partial charge in [0.05, 0.1) is 5.57 Å². The molecule has 0 saturated heterocycles. The molecule has 3 N–H and O–H groups in total. The van der Waals surface area contributed by atoms with Crippen molar-refractivity contribution in [3.05, 3.63) is 82.6 Å². The van der Waals surface area contributed by atoms with E-state index in [0.717, 1.165) is 5.56 Å². The summed E-state index contributed by atoms with van der Waals surface area (Å²) >= 11 is 0. The Bertz CT molecular complexity index is 1150. The van der Waals surface area contributed by atoms with Gasteiger partial charge in [0.25, 0.3) is 5.91 Å². The van der Waals surface area contributed by atoms with Crippen LogP contribution in [0.4, 0.5) is 16.0 Å². The van der Waals surface area contributed by atoms with E-state index in [1.807, 2.05) is 31.2 Å². The quantitative estimate of drug-likeness (QED) is 0.566. The fourth-order valence-electron chi connectivity index (χ4n) is 3.72. The van der Waals surface area contributed by atoms with Crippen molar-refractivity contribution < 1.29 is 14.3 Å². The van der Waals surface area contributed by atoms with Crippen molar-refractivity contribution in [1.82, 2.24) is 14.8 Å². The molecule has 1 amide bonds. The number of hydrogen-bond donors (Lipinski definition) is 3. The van der Waals surface area contributed by atoms with Crippen molar-refractivity contribution in [3.63, 3.8) is 0 Å². The first-order chi connectivity index (χ1) is 15.0. The number of nitrogens with zero attached hydrogens (tertiary/aromatic N) is 3. The molecule has 0 bridgehead atoms. The molecular formula is C23H24FN5O2. The average Bonchev–Trinajstić information content (AvgIpc) is 3.15. The molecule has 1 atom stereocenters. The third kappa shape index (κ3) is 4.20. The van der Waals surface area contributed by atoms with Gasteiger partial charge in [0.15, 0.2) is 5.82 Å². The van der Waals surface area contributed by atoms with Gasteiger partial charge in [-0.25, -0.2) is 9.07 Å². The number of halogens is 1. The highest BCUT2D eigenvalue weighted by atomic mass is 19.1. The average molecular weight is 421 g/mol. The number of aryl methyl sites for hydroxylation is 2. The van der Waals surface area contributed by atoms with Crippen molar-refractivity contribution in [2.75, 3.05) is 17.2 Å². The molecule has 1 aromatic heterocycles. The minimum absolute atomic E-state index is 0.0337. The molecule has 4 rings (SSSR count). The van der Waals surface area contributed by atoms with Gasteiger partial charge in [0.1, 0.15) is 11.9 Å². The number of para-hydroxylation sites is 1. The van der Waals surface area contributed by atoms with Gasteiger partial charge in [-0.05, 0) is 49.6 Å². The zero-order valence-electron chi connectivity index (χ0n) is 17.4. The van der Waals surface area contributed by atoms with Gasteiger partial charge in [-0.15, -0.1) is 0 Å². The number of allylic oxidation sites excluding steroid dienone is 1. The second kappa shape index (κ2) is 8.69. The Labute approximate surface area is 179 Å². The lowest BCUT2D eigenvalue weighted by Crippen LogP contribution is -2.31. The summed E-state index contributed by atoms with van der Waals surface area (Å²) in [5.41, 5.74) is 3.29. The number of nitrogens with one attached hydrogen (secondary N) is 2. The van der Waals surface area contributed by atoms with E-state index in [9.17, 15) is 9.18 Å². The lowest BCUT2D eigenvalue weighted by Gasteiger charge is -2.29. The number of fused-ring (bicyclic) bond motifs is 1. The zero-order valence-corrected chi connectivity index (χ0v) is 17.4. The van der Waals surface area contributed by atoms with Crippen LogP contribution in [0.1, 0.15) is 36.3 Å². The van der Waals surface area contributed by atoms with E-state index in [0.29, 0.717) is 47.1 Å². The maximum atomic E-state index is 14.1. The standard InChI is InChI=1S/C23H24FN5O2/c1-14-7-3-4-10-18(14)26-22(31)20-15(2)25-23-27-19(11-6-12-30)28-29(23)21(20)16-8-5-9-17(24)13-16/h3-5,7-10,13,21,30H,6,11-12H2,1-2H3,(H,26,31)(H,25,27,28)/t21-/m0/s1. The van der Waals surface area contributed by atoms with Gasteiger partial charge in [-0.1, -0.05) is 30.3 Å². The number of rotatable bonds is 6. The van der Waals surface area contributed by atoms with Crippen LogP contribution in [0.3, 0.4) is 0 Å². The van der Waals surface area contributed by atoms with Crippen LogP contribution < -0.4 is 10.6 Å². The SMILES string of the molecule is CC1=C(C(=O)Nc2ccccc2C)[C@H](c2cccc(F)c2)n2nc(CCCO)nc2N1. The Morgan fingerprint density at radius 2 is 2.03 bits per heavy atom. The molecule has 0 saturated carbocycles. The van der Waals surface area contributed by atoms with Crippen LogP contribution in [0, 0.1) is 12.7 Å². The number of carbonyl (C=O) groups excluding carboxylic acids is 1. The predicted molar refractivity (Wildman–Crippen MR) is 116 cm³/mol. The molecular weight excluding hydrogens is 397 g/mol. The van der Waals surface area contributed by atoms with Crippen LogP contribution in [-0.4, -0.2) is 32.4 Å². The fourth-order valence-corrected chi connectivity index (χ4v) is 3.72. The molecule has 3 aromatic rings. The predicted octanol–water partition coefficient (Wildman–Crippen LogP) is 3.58. The van der Waals surface area contributed by atoms with Crippen LogP contribution in [0.2, 0.25) is 0 Å². The molecule has 8 heteroatoms. The van der Waals surface area contributed by atoms with Gasteiger partial charge < -0.3 is 15.7 Å². The first-order valence-corrected chi connectivity index (χ1v) is 10.1. The lowest BCUT2D eigenvalue weighted by atomic mass is 9.95. The summed E-state index contributed by atoms with van der Waals surface area (Å²) in [6, 6.07) is 13.0. The zero-order chi connectivity index (χ0) is 22.0. The van der Waals surface area contributed by atoms with E-state index in [1.165, 1.54) is 12.1 Å². The second-order valence-electron chi connectivity index (χ2n) is 7.51. The van der Waals surface area contributed by atoms with E-state index in [-0.39, 0.29) is 12.5 Å². The molecule has 0 unspecified atom stereocenters. The third-order valence-electron chi connectivity index (χ3n) is 5.26. The molecule has 0 aliphatic carbocycles. The van der Waals surface area contributed by atoms with Gasteiger partial charge in [-0.2, -0.15) is 10.1 Å². The smallest absolute Gasteiger partial charge is 0.255 e. The number of anilines is 2. The summed E-state index contributed by atoms with van der Waals surface area (Å²) in [6.45, 7) is 3.75. The number of aliphatic hydroxyl groups is 1. The van der Waals surface area contributed by atoms with Gasteiger partial charge in [0.2, 0.25) is 5.95 Å². The molecule has 2 heterocycles. The number of aromatic nitrogens is 3. The molecule has 0 spiro atoms. The van der Waals surface area contributed by atoms with Crippen molar-refractivity contribution in [2.24, 2.45) is 0 Å². The first kappa shape index (κ1) is 20.7. The number of aliphatic hydroxyl groups excluding tert-OH is 1. The van der Waals surface area contributed by atoms with E-state index in [1.54, 1.807) is 23.7 Å². The highest BCUT2D eigenvalue weighted by Crippen LogP contribution is 2.36. The molecule has 1 aliphatic rings. The maximum absolute atomic E-state index is 14.1. The van der Waals surface area contributed by atoms with E-state index in [4.69, 9.17) is 5.11 Å². The monoisotopic (exact) mass is 421 g/mol. The van der Waals surface area contributed by atoms with Crippen molar-refractivity contribution >= 4 is 17.5 Å². The highest BCUT2D eigenvalue weighted by Gasteiger charge is 2.34. The maximum Gasteiger partial charge on any atom is 0.255 e. The van der Waals surface area contributed by atoms with Gasteiger partial charge in [-0.3, -0.25) is 4.79 Å². The lowest BCUT2D eigenvalue weighted by molar-refractivity contribution is -0.113. The first-order valence-electron chi connectivity index (χ1n) is 10.1. The summed E-state index contributed by atoms with van der Waals surface area (Å²) in [5.74, 6) is 0.333. The summed E-state index contributed by atoms with van der Waals surface area (Å²) in [6.07, 6.45) is 1.03. The van der Waals surface area contributed by atoms with Gasteiger partial charge >= 0.3 is 0 Å². The van der Waals surface area contributed by atoms with E-state index < -0.39 is 11.9 Å². The minimum Gasteiger partial charge on any atom is -0.396 e. The Hall–Kier alpha value is -3.52. The van der Waals surface area contributed by atoms with Crippen molar-refractivity contribution in [3.8, 4) is 0 Å². The molecule has 0 radical (unpaired) electrons. The van der Waals surface area contributed by atoms with Crippen molar-refractivity contribution in [2.45, 2.75) is 32.7 Å². The molecule has 2 aromatic carbocycles. The summed E-state index contributed by atoms with van der Waals surface area (Å²) in [4.78, 5) is 17.9. The second-order valence-corrected chi connectivity index (χ2v) is 7.51. The van der Waals surface area contributed by atoms with E-state index in [2.05, 4.69) is 20.7 Å². The number of benzene rings is 2. The molecule has 160 valence electrons. The fraction of sp³-hybridized carbons (Fsp3) is 0.261. The number of hydrogen-bond acceptors (Lipinski definition) is 5. The summed E-state index contributed by atoms with van der Waals surface area (Å²) in [5, 5.41) is 19.8. The Kier molecular flexibility index (Phi) is 5.81. The van der Waals surface area contributed by atoms with Crippen molar-refractivity contribution in [1.29, 1.82) is 0 Å². The molecule has 0 fully saturated rings. The minimum atomic E-state index is -0.647. The number of amides is 1. The Morgan fingerprint density at radius 3 is 2.77 bits per heavy atom. The third-order valence-corrected chi connectivity index (χ3v) is 5.26. The summed E-state index contributed by atoms with van der Waals surface area (Å²) in [7, 11) is 0. The van der Waals surface area contributed by atoms with Crippen LogP contribution in [0.15, 0.2) is 59.8 Å². The Balaban J connectivity index is 1.77. The van der Waals surface area contributed by atoms with Gasteiger partial charge in [0, 0.05) is 24.4 Å². The molecule has 1 aliphatic heterocycles. The van der Waals surface area contributed by atoms with Crippen LogP contribution in [0.25, 0.3) is 0 Å². The highest BCUT2D eigenvalue weighted by molar-refractivity contribution is 6.06. The number of carbonyl (C=O) groups is 1.